The molecule has 1 aliphatic rings. The van der Waals surface area contributed by atoms with Gasteiger partial charge in [-0.15, -0.1) is 0 Å². The van der Waals surface area contributed by atoms with Crippen molar-refractivity contribution in [3.63, 3.8) is 0 Å². The first-order valence-corrected chi connectivity index (χ1v) is 6.33. The molecule has 0 radical (unpaired) electrons. The third-order valence-electron chi connectivity index (χ3n) is 3.22. The van der Waals surface area contributed by atoms with Gasteiger partial charge in [0.25, 0.3) is 0 Å². The summed E-state index contributed by atoms with van der Waals surface area (Å²) in [5.41, 5.74) is 3.40. The lowest BCUT2D eigenvalue weighted by atomic mass is 10.0. The van der Waals surface area contributed by atoms with Crippen LogP contribution in [0.25, 0.3) is 5.57 Å². The number of hydrogen-bond acceptors (Lipinski definition) is 1. The van der Waals surface area contributed by atoms with Crippen molar-refractivity contribution in [3.8, 4) is 0 Å². The van der Waals surface area contributed by atoms with E-state index in [9.17, 15) is 4.39 Å². The molecule has 92 valence electrons. The zero-order valence-corrected chi connectivity index (χ0v) is 10.6. The minimum atomic E-state index is -0.158. The van der Waals surface area contributed by atoms with Crippen LogP contribution >= 0.6 is 0 Å². The van der Waals surface area contributed by atoms with E-state index in [1.165, 1.54) is 24.5 Å². The van der Waals surface area contributed by atoms with Gasteiger partial charge in [0.1, 0.15) is 5.82 Å². The van der Waals surface area contributed by atoms with E-state index >= 15 is 0 Å². The largest absolute Gasteiger partial charge is 0.314 e. The second-order valence-electron chi connectivity index (χ2n) is 4.86. The number of hydrogen-bond donors (Lipinski definition) is 1. The summed E-state index contributed by atoms with van der Waals surface area (Å²) in [6, 6.07) is 5.76. The van der Waals surface area contributed by atoms with E-state index in [4.69, 9.17) is 0 Å². The van der Waals surface area contributed by atoms with E-state index in [-0.39, 0.29) is 5.82 Å². The van der Waals surface area contributed by atoms with Crippen molar-refractivity contribution in [2.45, 2.75) is 39.2 Å². The topological polar surface area (TPSA) is 12.0 Å². The van der Waals surface area contributed by atoms with E-state index < -0.39 is 0 Å². The molecule has 17 heavy (non-hydrogen) atoms. The fraction of sp³-hybridized carbons (Fsp3) is 0.467. The first-order chi connectivity index (χ1) is 8.16. The van der Waals surface area contributed by atoms with Crippen molar-refractivity contribution in [2.75, 3.05) is 6.54 Å². The van der Waals surface area contributed by atoms with Crippen LogP contribution in [0.2, 0.25) is 0 Å². The zero-order chi connectivity index (χ0) is 12.3. The van der Waals surface area contributed by atoms with Crippen LogP contribution in [0.1, 0.15) is 37.3 Å². The molecule has 1 aliphatic carbocycles. The van der Waals surface area contributed by atoms with Gasteiger partial charge < -0.3 is 5.32 Å². The van der Waals surface area contributed by atoms with Gasteiger partial charge in [0.05, 0.1) is 0 Å². The molecule has 1 nitrogen and oxygen atoms in total. The van der Waals surface area contributed by atoms with Crippen LogP contribution in [0.15, 0.2) is 24.3 Å². The van der Waals surface area contributed by atoms with Gasteiger partial charge in [-0.2, -0.15) is 0 Å². The molecule has 0 bridgehead atoms. The molecule has 2 heteroatoms. The summed E-state index contributed by atoms with van der Waals surface area (Å²) in [4.78, 5) is 0. The third-order valence-corrected chi connectivity index (χ3v) is 3.22. The number of allylic oxidation sites excluding steroid dienone is 1. The highest BCUT2D eigenvalue weighted by molar-refractivity contribution is 5.66. The molecule has 0 heterocycles. The maximum absolute atomic E-state index is 13.0. The van der Waals surface area contributed by atoms with Crippen molar-refractivity contribution in [3.05, 3.63) is 41.2 Å². The lowest BCUT2D eigenvalue weighted by molar-refractivity contribution is 0.626. The normalized spacial score (nSPS) is 16.3. The summed E-state index contributed by atoms with van der Waals surface area (Å²) in [6.07, 6.45) is 5.94. The number of aryl methyl sites for hydroxylation is 1. The van der Waals surface area contributed by atoms with Crippen molar-refractivity contribution in [2.24, 2.45) is 0 Å². The smallest absolute Gasteiger partial charge is 0.123 e. The van der Waals surface area contributed by atoms with E-state index in [0.29, 0.717) is 0 Å². The van der Waals surface area contributed by atoms with E-state index in [2.05, 4.69) is 18.3 Å². The molecule has 1 N–H and O–H groups in total. The summed E-state index contributed by atoms with van der Waals surface area (Å²) in [6.45, 7) is 5.10. The van der Waals surface area contributed by atoms with Crippen LogP contribution in [-0.2, 0) is 0 Å². The van der Waals surface area contributed by atoms with E-state index in [1.54, 1.807) is 6.07 Å². The van der Waals surface area contributed by atoms with Gasteiger partial charge in [0, 0.05) is 6.04 Å². The Morgan fingerprint density at radius 2 is 2.24 bits per heavy atom. The van der Waals surface area contributed by atoms with Crippen LogP contribution < -0.4 is 5.32 Å². The predicted molar refractivity (Wildman–Crippen MR) is 70.4 cm³/mol. The molecule has 0 amide bonds. The minimum absolute atomic E-state index is 0.158. The van der Waals surface area contributed by atoms with Crippen LogP contribution in [-0.4, -0.2) is 12.6 Å². The van der Waals surface area contributed by atoms with Gasteiger partial charge in [0.2, 0.25) is 0 Å². The number of benzene rings is 1. The number of rotatable bonds is 5. The number of halogens is 1. The summed E-state index contributed by atoms with van der Waals surface area (Å²) in [5, 5.41) is 3.48. The maximum atomic E-state index is 13.0. The molecule has 0 aromatic heterocycles. The van der Waals surface area contributed by atoms with Gasteiger partial charge in [0.15, 0.2) is 0 Å². The van der Waals surface area contributed by atoms with Crippen molar-refractivity contribution in [1.82, 2.24) is 5.32 Å². The minimum Gasteiger partial charge on any atom is -0.314 e. The van der Waals surface area contributed by atoms with Gasteiger partial charge >= 0.3 is 0 Å². The average molecular weight is 233 g/mol. The molecule has 1 fully saturated rings. The fourth-order valence-electron chi connectivity index (χ4n) is 2.04. The fourth-order valence-corrected chi connectivity index (χ4v) is 2.04. The van der Waals surface area contributed by atoms with Crippen LogP contribution in [0.5, 0.6) is 0 Å². The molecule has 0 unspecified atom stereocenters. The standard InChI is InChI=1S/C15H20FN/c1-11(4-3-9-17-14-6-7-14)15-8-5-13(16)10-12(15)2/h4-5,8,10,14,17H,3,6-7,9H2,1-2H3. The van der Waals surface area contributed by atoms with Crippen molar-refractivity contribution < 1.29 is 4.39 Å². The van der Waals surface area contributed by atoms with Crippen molar-refractivity contribution in [1.29, 1.82) is 0 Å². The molecule has 0 atom stereocenters. The zero-order valence-electron chi connectivity index (χ0n) is 10.6. The van der Waals surface area contributed by atoms with Gasteiger partial charge in [-0.1, -0.05) is 12.1 Å². The molecular weight excluding hydrogens is 213 g/mol. The Balaban J connectivity index is 1.92. The molecule has 2 rings (SSSR count). The Hall–Kier alpha value is -1.15. The molecule has 1 saturated carbocycles. The highest BCUT2D eigenvalue weighted by atomic mass is 19.1. The molecule has 0 spiro atoms. The van der Waals surface area contributed by atoms with Gasteiger partial charge in [-0.3, -0.25) is 0 Å². The highest BCUT2D eigenvalue weighted by Crippen LogP contribution is 2.20. The molecule has 0 saturated heterocycles. The Morgan fingerprint density at radius 1 is 1.47 bits per heavy atom. The van der Waals surface area contributed by atoms with Gasteiger partial charge in [-0.25, -0.2) is 4.39 Å². The Labute approximate surface area is 103 Å². The molecule has 1 aromatic carbocycles. The molecule has 1 aromatic rings. The van der Waals surface area contributed by atoms with Crippen molar-refractivity contribution >= 4 is 5.57 Å². The summed E-state index contributed by atoms with van der Waals surface area (Å²) < 4.78 is 13.0. The van der Waals surface area contributed by atoms with Crippen LogP contribution in [0.4, 0.5) is 4.39 Å². The Kier molecular flexibility index (Phi) is 3.95. The Bertz CT molecular complexity index is 419. The first kappa shape index (κ1) is 12.3. The first-order valence-electron chi connectivity index (χ1n) is 6.33. The quantitative estimate of drug-likeness (QED) is 0.765. The van der Waals surface area contributed by atoms with Gasteiger partial charge in [-0.05, 0) is 68.5 Å². The second-order valence-corrected chi connectivity index (χ2v) is 4.86. The molecular formula is C15H20FN. The monoisotopic (exact) mass is 233 g/mol. The lowest BCUT2D eigenvalue weighted by Crippen LogP contribution is -2.16. The summed E-state index contributed by atoms with van der Waals surface area (Å²) in [5.74, 6) is -0.158. The predicted octanol–water partition coefficient (Wildman–Crippen LogP) is 3.68. The summed E-state index contributed by atoms with van der Waals surface area (Å²) in [7, 11) is 0. The SMILES string of the molecule is CC(=CCCNC1CC1)c1ccc(F)cc1C. The van der Waals surface area contributed by atoms with E-state index in [1.807, 2.05) is 13.0 Å². The van der Waals surface area contributed by atoms with Crippen LogP contribution in [0.3, 0.4) is 0 Å². The highest BCUT2D eigenvalue weighted by Gasteiger charge is 2.19. The number of nitrogens with one attached hydrogen (secondary N) is 1. The lowest BCUT2D eigenvalue weighted by Gasteiger charge is -2.07. The third kappa shape index (κ3) is 3.67. The van der Waals surface area contributed by atoms with Crippen LogP contribution in [0, 0.1) is 12.7 Å². The Morgan fingerprint density at radius 3 is 2.88 bits per heavy atom. The maximum Gasteiger partial charge on any atom is 0.123 e. The summed E-state index contributed by atoms with van der Waals surface area (Å²) >= 11 is 0. The molecule has 0 aliphatic heterocycles. The average Bonchev–Trinajstić information content (AvgIpc) is 3.08. The van der Waals surface area contributed by atoms with E-state index in [0.717, 1.165) is 30.1 Å². The second kappa shape index (κ2) is 5.46.